The van der Waals surface area contributed by atoms with Gasteiger partial charge in [0.05, 0.1) is 36.4 Å². The van der Waals surface area contributed by atoms with Crippen LogP contribution >= 0.6 is 58.0 Å². The lowest BCUT2D eigenvalue weighted by molar-refractivity contribution is 0.240. The molecule has 0 bridgehead atoms. The van der Waals surface area contributed by atoms with E-state index in [0.29, 0.717) is 92.4 Å². The predicted molar refractivity (Wildman–Crippen MR) is 415 cm³/mol. The summed E-state index contributed by atoms with van der Waals surface area (Å²) in [4.78, 5) is 48.2. The number of benzene rings is 3. The number of hydrogen-bond acceptors (Lipinski definition) is 27. The van der Waals surface area contributed by atoms with E-state index < -0.39 is 0 Å². The van der Waals surface area contributed by atoms with Gasteiger partial charge >= 0.3 is 0 Å². The summed E-state index contributed by atoms with van der Waals surface area (Å²) >= 11 is 29.8. The van der Waals surface area contributed by atoms with E-state index in [9.17, 15) is 0 Å². The maximum Gasteiger partial charge on any atom is 0.233 e. The molecule has 0 atom stereocenters. The van der Waals surface area contributed by atoms with Crippen LogP contribution in [0.1, 0.15) is 119 Å². The summed E-state index contributed by atoms with van der Waals surface area (Å²) in [6, 6.07) is 17.6. The van der Waals surface area contributed by atoms with Gasteiger partial charge in [-0.1, -0.05) is 57.1 Å². The molecule has 3 saturated heterocycles. The van der Waals surface area contributed by atoms with Gasteiger partial charge in [-0.2, -0.15) is 44.9 Å². The van der Waals surface area contributed by atoms with Crippen molar-refractivity contribution in [2.75, 3.05) is 172 Å². The number of hydrogen-bond donors (Lipinski definition) is 11. The van der Waals surface area contributed by atoms with Crippen molar-refractivity contribution in [3.63, 3.8) is 0 Å². The highest BCUT2D eigenvalue weighted by Gasteiger charge is 2.25. The third-order valence-corrected chi connectivity index (χ3v) is 17.2. The number of anilines is 10. The van der Waals surface area contributed by atoms with Crippen molar-refractivity contribution in [1.82, 2.24) is 65.3 Å². The van der Waals surface area contributed by atoms with E-state index in [-0.39, 0.29) is 52.0 Å². The minimum absolute atomic E-state index is 0. The lowest BCUT2D eigenvalue weighted by Gasteiger charge is -2.35. The molecule has 0 radical (unpaired) electrons. The van der Waals surface area contributed by atoms with Crippen LogP contribution in [0.2, 0.25) is 25.6 Å². The predicted octanol–water partition coefficient (Wildman–Crippen LogP) is 12.3. The Labute approximate surface area is 619 Å². The van der Waals surface area contributed by atoms with Crippen LogP contribution < -0.4 is 67.0 Å². The SMILES string of the molecule is C.C.C.CNC1CCN(C)CC1.COc1ccc(Nc2nc(Cl)nc(Cl)n2)cc1Cl.COc1ccc(Nc2nc(NCCCCCO)nc(N(C)C3CCN(C)CC3)n2)cc1Cl.COc1ccc(Nc2nc(NCCCCCO)nc(N(C)C3CCNCC3)n2)cc1Cl.NCCCCCO. The summed E-state index contributed by atoms with van der Waals surface area (Å²) in [7, 11) is 15.2. The van der Waals surface area contributed by atoms with Gasteiger partial charge in [-0.15, -0.1) is 0 Å². The maximum absolute atomic E-state index is 8.96. The zero-order chi connectivity index (χ0) is 70.3. The van der Waals surface area contributed by atoms with Gasteiger partial charge in [-0.3, -0.25) is 0 Å². The quantitative estimate of drug-likeness (QED) is 0.0187. The zero-order valence-electron chi connectivity index (χ0n) is 57.4. The molecule has 0 amide bonds. The second-order valence-electron chi connectivity index (χ2n) is 23.3. The van der Waals surface area contributed by atoms with Crippen LogP contribution in [0, 0.1) is 0 Å². The highest BCUT2D eigenvalue weighted by atomic mass is 35.5. The molecular formula is C68H114Cl5N21O6. The van der Waals surface area contributed by atoms with Gasteiger partial charge in [0, 0.05) is 82.2 Å². The van der Waals surface area contributed by atoms with Gasteiger partial charge in [-0.25, -0.2) is 0 Å². The number of nitrogens with zero attached hydrogens (tertiary/aromatic N) is 13. The van der Waals surface area contributed by atoms with Crippen molar-refractivity contribution in [2.45, 2.75) is 137 Å². The third-order valence-electron chi connectivity index (χ3n) is 16.0. The van der Waals surface area contributed by atoms with E-state index in [1.54, 1.807) is 63.8 Å². The number of rotatable bonds is 30. The van der Waals surface area contributed by atoms with Crippen LogP contribution in [0.25, 0.3) is 0 Å². The van der Waals surface area contributed by atoms with E-state index >= 15 is 0 Å². The maximum atomic E-state index is 8.96. The monoisotopic (exact) mass is 1500 g/mol. The molecule has 100 heavy (non-hydrogen) atoms. The van der Waals surface area contributed by atoms with E-state index in [4.69, 9.17) is 93.3 Å². The number of piperidine rings is 3. The molecule has 3 aliphatic heterocycles. The van der Waals surface area contributed by atoms with Crippen LogP contribution in [-0.2, 0) is 0 Å². The van der Waals surface area contributed by atoms with Crippen molar-refractivity contribution in [3.8, 4) is 17.2 Å². The molecule has 0 spiro atoms. The normalized spacial score (nSPS) is 13.9. The Kier molecular flexibility index (Phi) is 45.9. The fraction of sp³-hybridized carbons (Fsp3) is 0.603. The summed E-state index contributed by atoms with van der Waals surface area (Å²) in [6.45, 7) is 9.57. The van der Waals surface area contributed by atoms with Crippen molar-refractivity contribution >= 4 is 117 Å². The molecule has 3 fully saturated rings. The number of unbranched alkanes of at least 4 members (excludes halogenated alkanes) is 6. The number of aliphatic hydroxyl groups is 3. The number of ether oxygens (including phenoxy) is 3. The van der Waals surface area contributed by atoms with Gasteiger partial charge in [0.15, 0.2) is 0 Å². The van der Waals surface area contributed by atoms with Crippen molar-refractivity contribution in [2.24, 2.45) is 5.73 Å². The highest BCUT2D eigenvalue weighted by molar-refractivity contribution is 6.33. The average Bonchev–Trinajstić information content (AvgIpc) is 0.829. The number of nitrogens with one attached hydrogen (secondary N) is 7. The molecule has 0 unspecified atom stereocenters. The van der Waals surface area contributed by atoms with E-state index in [0.717, 1.165) is 147 Å². The first-order valence-electron chi connectivity index (χ1n) is 33.0. The van der Waals surface area contributed by atoms with Gasteiger partial charge in [0.1, 0.15) is 17.2 Å². The fourth-order valence-corrected chi connectivity index (χ4v) is 11.3. The Morgan fingerprint density at radius 1 is 0.480 bits per heavy atom. The summed E-state index contributed by atoms with van der Waals surface area (Å²) in [5, 5.41) is 50.3. The lowest BCUT2D eigenvalue weighted by Crippen LogP contribution is -2.42. The topological polar surface area (TPSA) is 328 Å². The number of aliphatic hydroxyl groups excluding tert-OH is 3. The van der Waals surface area contributed by atoms with Gasteiger partial charge in [-0.05, 0) is 241 Å². The minimum Gasteiger partial charge on any atom is -0.495 e. The Bertz CT molecular complexity index is 3150. The first kappa shape index (κ1) is 89.9. The first-order valence-corrected chi connectivity index (χ1v) is 34.9. The van der Waals surface area contributed by atoms with Crippen LogP contribution in [0.15, 0.2) is 54.6 Å². The van der Waals surface area contributed by atoms with Gasteiger partial charge < -0.3 is 92.1 Å². The van der Waals surface area contributed by atoms with E-state index in [1.807, 2.05) is 26.2 Å². The number of methoxy groups -OCH3 is 3. The number of aromatic nitrogens is 9. The number of likely N-dealkylation sites (tertiary alicyclic amines) is 2. The molecule has 32 heteroatoms. The second kappa shape index (κ2) is 51.0. The molecule has 9 rings (SSSR count). The van der Waals surface area contributed by atoms with Crippen molar-refractivity contribution < 1.29 is 29.5 Å². The fourth-order valence-electron chi connectivity index (χ4n) is 10.2. The molecular weight excluding hydrogens is 1380 g/mol. The van der Waals surface area contributed by atoms with Crippen LogP contribution in [-0.4, -0.2) is 223 Å². The summed E-state index contributed by atoms with van der Waals surface area (Å²) < 4.78 is 15.5. The van der Waals surface area contributed by atoms with Gasteiger partial charge in [0.25, 0.3) is 0 Å². The Morgan fingerprint density at radius 3 is 1.18 bits per heavy atom. The van der Waals surface area contributed by atoms with E-state index in [1.165, 1.54) is 25.9 Å². The van der Waals surface area contributed by atoms with Crippen LogP contribution in [0.5, 0.6) is 17.2 Å². The molecule has 562 valence electrons. The second-order valence-corrected chi connectivity index (χ2v) is 25.2. The van der Waals surface area contributed by atoms with Crippen molar-refractivity contribution in [1.29, 1.82) is 0 Å². The van der Waals surface area contributed by atoms with E-state index in [2.05, 4.69) is 123 Å². The molecule has 0 aliphatic carbocycles. The largest absolute Gasteiger partial charge is 0.495 e. The molecule has 3 aliphatic rings. The Hall–Kier alpha value is -6.18. The average molecular weight is 1500 g/mol. The molecule has 6 heterocycles. The first-order chi connectivity index (χ1) is 46.9. The summed E-state index contributed by atoms with van der Waals surface area (Å²) in [5.41, 5.74) is 7.40. The molecule has 0 saturated carbocycles. The van der Waals surface area contributed by atoms with Gasteiger partial charge in [0.2, 0.25) is 52.2 Å². The third kappa shape index (κ3) is 33.3. The summed E-state index contributed by atoms with van der Waals surface area (Å²) in [6.07, 6.45) is 15.2. The highest BCUT2D eigenvalue weighted by Crippen LogP contribution is 2.32. The lowest BCUT2D eigenvalue weighted by atomic mass is 10.0. The standard InChI is InChI=1S/C22H34ClN7O2.C21H32ClN7O2.C10H7Cl3N4O.C7H16N2.C5H13NO.3CH4/c1-29-12-9-17(10-13-29)30(2)22-27-20(24-11-5-4-6-14-31)26-21(28-22)25-16-7-8-19(32-3)18(23)15-16;1-29(16-8-11-23-12-9-16)21-27-19(24-10-4-3-5-13-30)26-20(28-21)25-15-6-7-18(31-2)17(22)14-15;1-18-7-3-2-5(4-6(7)11)14-10-16-8(12)15-9(13)17-10;1-8-7-3-5-9(2)6-4-7;6-4-2-1-3-5-7;;;/h7-8,15,17,31H,4-6,9-14H2,1-3H3,(H2,24,25,26,27,28);6-7,14,16,23,30H,3-5,8-13H2,1-2H3,(H2,24,25,26,27,28);2-4H,1H3,(H,14,15,16,17);7-8H,3-6H2,1-2H3;7H,1-6H2;3*1H4. The Balaban J connectivity index is 0.000000462. The zero-order valence-corrected chi connectivity index (χ0v) is 61.1. The van der Waals surface area contributed by atoms with Crippen LogP contribution in [0.3, 0.4) is 0 Å². The number of halogens is 5. The smallest absolute Gasteiger partial charge is 0.233 e. The minimum atomic E-state index is 0. The molecule has 3 aromatic heterocycles. The van der Waals surface area contributed by atoms with Crippen LogP contribution in [0.4, 0.5) is 58.7 Å². The molecule has 12 N–H and O–H groups in total. The number of nitrogens with two attached hydrogens (primary N) is 1. The molecule has 6 aromatic rings. The molecule has 3 aromatic carbocycles. The Morgan fingerprint density at radius 2 is 0.830 bits per heavy atom. The molecule has 27 nitrogen and oxygen atoms in total. The summed E-state index contributed by atoms with van der Waals surface area (Å²) in [5.74, 6) is 5.25. The van der Waals surface area contributed by atoms with Crippen molar-refractivity contribution in [3.05, 3.63) is 80.2 Å².